The molecule has 0 aliphatic heterocycles. The Morgan fingerprint density at radius 2 is 1.85 bits per heavy atom. The molecule has 1 N–H and O–H groups in total. The predicted octanol–water partition coefficient (Wildman–Crippen LogP) is 5.03. The van der Waals surface area contributed by atoms with Crippen molar-refractivity contribution in [2.45, 2.75) is 20.0 Å². The van der Waals surface area contributed by atoms with E-state index in [9.17, 15) is 9.59 Å². The fraction of sp³-hybridized carbons (Fsp3) is 0.150. The summed E-state index contributed by atoms with van der Waals surface area (Å²) in [4.78, 5) is 29.2. The minimum atomic E-state index is -1.01. The molecule has 2 aromatic carbocycles. The van der Waals surface area contributed by atoms with Gasteiger partial charge in [0.2, 0.25) is 0 Å². The van der Waals surface area contributed by atoms with Crippen LogP contribution in [0.4, 0.5) is 5.69 Å². The first-order chi connectivity index (χ1) is 12.9. The van der Waals surface area contributed by atoms with Crippen molar-refractivity contribution in [3.8, 4) is 0 Å². The van der Waals surface area contributed by atoms with Crippen LogP contribution < -0.4 is 5.32 Å². The molecule has 1 heterocycles. The van der Waals surface area contributed by atoms with E-state index in [-0.39, 0.29) is 10.7 Å². The van der Waals surface area contributed by atoms with Gasteiger partial charge < -0.3 is 10.1 Å². The Hall–Kier alpha value is -2.63. The number of anilines is 1. The third-order valence-corrected chi connectivity index (χ3v) is 4.69. The highest BCUT2D eigenvalue weighted by atomic mass is 35.5. The first-order valence-corrected chi connectivity index (χ1v) is 8.94. The van der Waals surface area contributed by atoms with Crippen LogP contribution in [0, 0.1) is 6.92 Å². The van der Waals surface area contributed by atoms with E-state index in [1.807, 2.05) is 0 Å². The number of hydrogen-bond donors (Lipinski definition) is 1. The molecule has 3 aromatic rings. The van der Waals surface area contributed by atoms with Gasteiger partial charge in [0.15, 0.2) is 6.10 Å². The molecular weight excluding hydrogens is 387 g/mol. The minimum Gasteiger partial charge on any atom is -0.449 e. The minimum absolute atomic E-state index is 0.173. The normalized spacial score (nSPS) is 11.9. The number of rotatable bonds is 4. The zero-order valence-corrected chi connectivity index (χ0v) is 16.1. The fourth-order valence-corrected chi connectivity index (χ4v) is 2.94. The number of para-hydroxylation sites is 1. The van der Waals surface area contributed by atoms with E-state index in [0.29, 0.717) is 21.6 Å². The van der Waals surface area contributed by atoms with Crippen LogP contribution in [0.2, 0.25) is 10.2 Å². The lowest BCUT2D eigenvalue weighted by Gasteiger charge is -2.16. The van der Waals surface area contributed by atoms with E-state index in [2.05, 4.69) is 10.3 Å². The number of halogens is 2. The molecule has 0 spiro atoms. The number of ether oxygens (including phenoxy) is 1. The summed E-state index contributed by atoms with van der Waals surface area (Å²) in [5, 5.41) is 4.03. The molecule has 0 fully saturated rings. The summed E-state index contributed by atoms with van der Waals surface area (Å²) >= 11 is 12.1. The van der Waals surface area contributed by atoms with Crippen LogP contribution in [0.3, 0.4) is 0 Å². The second-order valence-corrected chi connectivity index (χ2v) is 6.75. The molecule has 0 unspecified atom stereocenters. The third kappa shape index (κ3) is 4.21. The SMILES string of the molecule is Cc1c(Cl)cccc1NC(=O)[C@@H](C)OC(=O)c1cc(Cl)nc2ccccc12. The maximum Gasteiger partial charge on any atom is 0.339 e. The number of hydrogen-bond acceptors (Lipinski definition) is 4. The first kappa shape index (κ1) is 19.1. The van der Waals surface area contributed by atoms with Crippen LogP contribution in [0.15, 0.2) is 48.5 Å². The Morgan fingerprint density at radius 3 is 2.63 bits per heavy atom. The van der Waals surface area contributed by atoms with E-state index >= 15 is 0 Å². The number of benzene rings is 2. The first-order valence-electron chi connectivity index (χ1n) is 8.19. The van der Waals surface area contributed by atoms with Crippen LogP contribution in [-0.4, -0.2) is 23.0 Å². The molecule has 27 heavy (non-hydrogen) atoms. The maximum absolute atomic E-state index is 12.6. The van der Waals surface area contributed by atoms with Gasteiger partial charge in [0.05, 0.1) is 11.1 Å². The fourth-order valence-electron chi connectivity index (χ4n) is 2.57. The van der Waals surface area contributed by atoms with Crippen LogP contribution in [0.25, 0.3) is 10.9 Å². The average Bonchev–Trinajstić information content (AvgIpc) is 2.64. The maximum atomic E-state index is 12.6. The number of nitrogens with one attached hydrogen (secondary N) is 1. The Balaban J connectivity index is 1.78. The summed E-state index contributed by atoms with van der Waals surface area (Å²) in [7, 11) is 0. The number of nitrogens with zero attached hydrogens (tertiary/aromatic N) is 1. The van der Waals surface area contributed by atoms with E-state index in [4.69, 9.17) is 27.9 Å². The number of esters is 1. The molecule has 7 heteroatoms. The van der Waals surface area contributed by atoms with Crippen LogP contribution in [-0.2, 0) is 9.53 Å². The van der Waals surface area contributed by atoms with Gasteiger partial charge in [-0.2, -0.15) is 0 Å². The van der Waals surface area contributed by atoms with Gasteiger partial charge in [0.25, 0.3) is 5.91 Å². The van der Waals surface area contributed by atoms with Gasteiger partial charge in [-0.15, -0.1) is 0 Å². The highest BCUT2D eigenvalue weighted by Gasteiger charge is 2.22. The Bertz CT molecular complexity index is 1040. The van der Waals surface area contributed by atoms with Crippen LogP contribution in [0.5, 0.6) is 0 Å². The molecule has 0 aliphatic carbocycles. The molecule has 3 rings (SSSR count). The highest BCUT2D eigenvalue weighted by molar-refractivity contribution is 6.32. The zero-order chi connectivity index (χ0) is 19.6. The molecule has 138 valence electrons. The molecule has 0 radical (unpaired) electrons. The Morgan fingerprint density at radius 1 is 1.11 bits per heavy atom. The van der Waals surface area contributed by atoms with E-state index < -0.39 is 18.0 Å². The summed E-state index contributed by atoms with van der Waals surface area (Å²) in [6.45, 7) is 3.29. The summed E-state index contributed by atoms with van der Waals surface area (Å²) in [5.41, 5.74) is 2.12. The van der Waals surface area contributed by atoms with E-state index in [0.717, 1.165) is 5.56 Å². The smallest absolute Gasteiger partial charge is 0.339 e. The average molecular weight is 403 g/mol. The Labute approximate surface area is 166 Å². The van der Waals surface area contributed by atoms with Gasteiger partial charge in [0.1, 0.15) is 5.15 Å². The lowest BCUT2D eigenvalue weighted by molar-refractivity contribution is -0.123. The van der Waals surface area contributed by atoms with Gasteiger partial charge in [0, 0.05) is 16.1 Å². The lowest BCUT2D eigenvalue weighted by atomic mass is 10.1. The standard InChI is InChI=1S/C20H16Cl2N2O3/c1-11-15(21)7-5-9-16(11)24-19(25)12(2)27-20(26)14-10-18(22)23-17-8-4-3-6-13(14)17/h3-10,12H,1-2H3,(H,24,25)/t12-/m1/s1. The summed E-state index contributed by atoms with van der Waals surface area (Å²) in [6.07, 6.45) is -1.01. The largest absolute Gasteiger partial charge is 0.449 e. The monoisotopic (exact) mass is 402 g/mol. The lowest BCUT2D eigenvalue weighted by Crippen LogP contribution is -2.30. The molecule has 0 aliphatic rings. The summed E-state index contributed by atoms with van der Waals surface area (Å²) < 4.78 is 5.33. The topological polar surface area (TPSA) is 68.3 Å². The summed E-state index contributed by atoms with van der Waals surface area (Å²) in [5.74, 6) is -1.11. The van der Waals surface area contributed by atoms with Crippen molar-refractivity contribution < 1.29 is 14.3 Å². The number of pyridine rings is 1. The molecule has 5 nitrogen and oxygen atoms in total. The number of aromatic nitrogens is 1. The molecule has 1 amide bonds. The second kappa shape index (κ2) is 7.94. The van der Waals surface area contributed by atoms with Crippen LogP contribution in [0.1, 0.15) is 22.8 Å². The molecule has 0 saturated carbocycles. The second-order valence-electron chi connectivity index (χ2n) is 5.96. The zero-order valence-electron chi connectivity index (χ0n) is 14.6. The van der Waals surface area contributed by atoms with Gasteiger partial charge in [-0.3, -0.25) is 4.79 Å². The number of amides is 1. The summed E-state index contributed by atoms with van der Waals surface area (Å²) in [6, 6.07) is 13.7. The predicted molar refractivity (Wildman–Crippen MR) is 106 cm³/mol. The molecular formula is C20H16Cl2N2O3. The van der Waals surface area contributed by atoms with Crippen molar-refractivity contribution in [2.24, 2.45) is 0 Å². The van der Waals surface area contributed by atoms with Crippen LogP contribution >= 0.6 is 23.2 Å². The quantitative estimate of drug-likeness (QED) is 0.490. The van der Waals surface area contributed by atoms with Crippen molar-refractivity contribution in [3.05, 3.63) is 69.8 Å². The van der Waals surface area contributed by atoms with Crippen molar-refractivity contribution in [1.82, 2.24) is 4.98 Å². The van der Waals surface area contributed by atoms with Gasteiger partial charge in [-0.05, 0) is 43.7 Å². The van der Waals surface area contributed by atoms with Crippen molar-refractivity contribution >= 4 is 51.7 Å². The molecule has 0 saturated heterocycles. The number of fused-ring (bicyclic) bond motifs is 1. The molecule has 1 atom stereocenters. The number of carbonyl (C=O) groups excluding carboxylic acids is 2. The van der Waals surface area contributed by atoms with Crippen molar-refractivity contribution in [2.75, 3.05) is 5.32 Å². The number of carbonyl (C=O) groups is 2. The Kier molecular flexibility index (Phi) is 5.63. The van der Waals surface area contributed by atoms with Crippen molar-refractivity contribution in [3.63, 3.8) is 0 Å². The van der Waals surface area contributed by atoms with E-state index in [1.54, 1.807) is 49.4 Å². The van der Waals surface area contributed by atoms with Crippen molar-refractivity contribution in [1.29, 1.82) is 0 Å². The van der Waals surface area contributed by atoms with E-state index in [1.165, 1.54) is 13.0 Å². The third-order valence-electron chi connectivity index (χ3n) is 4.08. The molecule has 0 bridgehead atoms. The van der Waals surface area contributed by atoms with Gasteiger partial charge >= 0.3 is 5.97 Å². The van der Waals surface area contributed by atoms with Gasteiger partial charge in [-0.1, -0.05) is 47.5 Å². The molecule has 1 aromatic heterocycles. The highest BCUT2D eigenvalue weighted by Crippen LogP contribution is 2.24. The van der Waals surface area contributed by atoms with Gasteiger partial charge in [-0.25, -0.2) is 9.78 Å².